The summed E-state index contributed by atoms with van der Waals surface area (Å²) < 4.78 is 20.2. The Bertz CT molecular complexity index is 1170. The molecule has 1 aliphatic heterocycles. The Kier molecular flexibility index (Phi) is 5.43. The smallest absolute Gasteiger partial charge is 0.376 e. The molecule has 4 rings (SSSR count). The number of hydrogen-bond donors (Lipinski definition) is 0. The van der Waals surface area contributed by atoms with Crippen molar-refractivity contribution in [1.82, 2.24) is 14.6 Å². The third-order valence-corrected chi connectivity index (χ3v) is 5.62. The number of benzene rings is 1. The molecule has 0 atom stereocenters. The number of alkyl halides is 1. The highest BCUT2D eigenvalue weighted by atomic mass is 35.5. The maximum atomic E-state index is 13.4. The molecule has 7 nitrogen and oxygen atoms in total. The maximum absolute atomic E-state index is 13.4. The first-order chi connectivity index (χ1) is 14.8. The fraction of sp³-hybridized carbons (Fsp3) is 0.364. The van der Waals surface area contributed by atoms with Crippen LogP contribution < -0.4 is 4.90 Å². The number of fused-ring (bicyclic) bond motifs is 3. The maximum Gasteiger partial charge on any atom is 0.376 e. The van der Waals surface area contributed by atoms with Crippen LogP contribution in [0.4, 0.5) is 10.1 Å². The Hall–Kier alpha value is -3.00. The second kappa shape index (κ2) is 7.92. The number of halogens is 2. The minimum absolute atomic E-state index is 0.0577. The molecule has 2 aromatic heterocycles. The van der Waals surface area contributed by atoms with E-state index in [-0.39, 0.29) is 30.0 Å². The normalized spacial score (nSPS) is 14.7. The number of rotatable bonds is 5. The number of anilines is 1. The fourth-order valence-electron chi connectivity index (χ4n) is 4.10. The summed E-state index contributed by atoms with van der Waals surface area (Å²) in [6.07, 6.45) is 0.418. The zero-order chi connectivity index (χ0) is 22.3. The van der Waals surface area contributed by atoms with Crippen LogP contribution in [0.15, 0.2) is 30.3 Å². The predicted octanol–water partition coefficient (Wildman–Crippen LogP) is 3.50. The lowest BCUT2D eigenvalue weighted by Gasteiger charge is -2.20. The molecule has 1 aromatic carbocycles. The molecule has 0 saturated carbocycles. The van der Waals surface area contributed by atoms with Gasteiger partial charge < -0.3 is 9.64 Å². The van der Waals surface area contributed by atoms with Crippen molar-refractivity contribution in [2.45, 2.75) is 32.6 Å². The third-order valence-electron chi connectivity index (χ3n) is 5.39. The van der Waals surface area contributed by atoms with E-state index in [1.165, 1.54) is 12.1 Å². The minimum atomic E-state index is -0.589. The summed E-state index contributed by atoms with van der Waals surface area (Å²) in [6, 6.07) is 8.04. The SMILES string of the molecule is CCOC(=O)c1nnc2c(Cc3ccc(F)cc3)cc3c(n12)C(C)(C)CN3C(=O)CCl. The van der Waals surface area contributed by atoms with Crippen LogP contribution in [0.25, 0.3) is 5.65 Å². The van der Waals surface area contributed by atoms with Gasteiger partial charge >= 0.3 is 5.97 Å². The molecule has 0 saturated heterocycles. The van der Waals surface area contributed by atoms with Crippen LogP contribution in [0.2, 0.25) is 0 Å². The minimum Gasteiger partial charge on any atom is -0.460 e. The quantitative estimate of drug-likeness (QED) is 0.444. The molecule has 31 heavy (non-hydrogen) atoms. The molecule has 0 unspecified atom stereocenters. The average molecular weight is 445 g/mol. The summed E-state index contributed by atoms with van der Waals surface area (Å²) in [5, 5.41) is 8.39. The molecule has 9 heteroatoms. The standard InChI is InChI=1S/C22H22ClFN4O3/c1-4-31-21(30)20-26-25-19-14(9-13-5-7-15(24)8-6-13)10-16-18(28(19)20)22(2,3)12-27(16)17(29)11-23/h5-8,10H,4,9,11-12H2,1-3H3. The van der Waals surface area contributed by atoms with E-state index in [2.05, 4.69) is 10.2 Å². The molecule has 0 fully saturated rings. The van der Waals surface area contributed by atoms with Crippen molar-refractivity contribution in [3.05, 3.63) is 58.8 Å². The Morgan fingerprint density at radius 2 is 1.94 bits per heavy atom. The molecule has 1 aliphatic rings. The molecule has 0 bridgehead atoms. The summed E-state index contributed by atoms with van der Waals surface area (Å²) in [4.78, 5) is 26.8. The van der Waals surface area contributed by atoms with E-state index < -0.39 is 11.4 Å². The van der Waals surface area contributed by atoms with Gasteiger partial charge in [-0.15, -0.1) is 21.8 Å². The Morgan fingerprint density at radius 3 is 2.58 bits per heavy atom. The van der Waals surface area contributed by atoms with Gasteiger partial charge in [0.25, 0.3) is 0 Å². The van der Waals surface area contributed by atoms with Gasteiger partial charge in [-0.3, -0.25) is 9.20 Å². The van der Waals surface area contributed by atoms with Gasteiger partial charge in [-0.05, 0) is 30.7 Å². The topological polar surface area (TPSA) is 76.8 Å². The van der Waals surface area contributed by atoms with E-state index in [1.807, 2.05) is 19.9 Å². The lowest BCUT2D eigenvalue weighted by molar-refractivity contribution is -0.116. The summed E-state index contributed by atoms with van der Waals surface area (Å²) in [7, 11) is 0. The zero-order valence-electron chi connectivity index (χ0n) is 17.5. The van der Waals surface area contributed by atoms with Gasteiger partial charge in [0.15, 0.2) is 5.65 Å². The van der Waals surface area contributed by atoms with Gasteiger partial charge in [-0.2, -0.15) is 0 Å². The number of aromatic nitrogens is 3. The number of nitrogens with zero attached hydrogens (tertiary/aromatic N) is 4. The largest absolute Gasteiger partial charge is 0.460 e. The summed E-state index contributed by atoms with van der Waals surface area (Å²) >= 11 is 5.86. The summed E-state index contributed by atoms with van der Waals surface area (Å²) in [6.45, 7) is 6.30. The number of hydrogen-bond acceptors (Lipinski definition) is 5. The van der Waals surface area contributed by atoms with Crippen LogP contribution in [0.1, 0.15) is 48.2 Å². The van der Waals surface area contributed by atoms with Crippen LogP contribution in [0.5, 0.6) is 0 Å². The Morgan fingerprint density at radius 1 is 1.23 bits per heavy atom. The number of esters is 1. The molecule has 0 N–H and O–H groups in total. The van der Waals surface area contributed by atoms with Crippen molar-refractivity contribution in [2.24, 2.45) is 0 Å². The van der Waals surface area contributed by atoms with Crippen molar-refractivity contribution in [1.29, 1.82) is 0 Å². The summed E-state index contributed by atoms with van der Waals surface area (Å²) in [5.41, 5.74) is 3.03. The van der Waals surface area contributed by atoms with Crippen LogP contribution in [0, 0.1) is 5.82 Å². The van der Waals surface area contributed by atoms with E-state index in [4.69, 9.17) is 16.3 Å². The van der Waals surface area contributed by atoms with Crippen molar-refractivity contribution in [3.63, 3.8) is 0 Å². The van der Waals surface area contributed by atoms with E-state index in [9.17, 15) is 14.0 Å². The number of amides is 1. The Labute approximate surface area is 183 Å². The van der Waals surface area contributed by atoms with Crippen LogP contribution >= 0.6 is 11.6 Å². The van der Waals surface area contributed by atoms with Gasteiger partial charge in [-0.25, -0.2) is 9.18 Å². The van der Waals surface area contributed by atoms with E-state index in [1.54, 1.807) is 28.4 Å². The monoisotopic (exact) mass is 444 g/mol. The first-order valence-electron chi connectivity index (χ1n) is 9.96. The summed E-state index contributed by atoms with van der Waals surface area (Å²) in [5.74, 6) is -1.24. The third kappa shape index (κ3) is 3.65. The van der Waals surface area contributed by atoms with E-state index >= 15 is 0 Å². The first-order valence-corrected chi connectivity index (χ1v) is 10.5. The zero-order valence-corrected chi connectivity index (χ0v) is 18.2. The van der Waals surface area contributed by atoms with Gasteiger partial charge in [0.1, 0.15) is 11.7 Å². The molecule has 3 heterocycles. The first kappa shape index (κ1) is 21.2. The lowest BCUT2D eigenvalue weighted by Crippen LogP contribution is -2.34. The van der Waals surface area contributed by atoms with Crippen molar-refractivity contribution in [2.75, 3.05) is 23.9 Å². The van der Waals surface area contributed by atoms with Gasteiger partial charge in [0.2, 0.25) is 11.7 Å². The van der Waals surface area contributed by atoms with Crippen molar-refractivity contribution in [3.8, 4) is 0 Å². The second-order valence-electron chi connectivity index (χ2n) is 8.11. The van der Waals surface area contributed by atoms with E-state index in [0.717, 1.165) is 16.8 Å². The molecule has 3 aromatic rings. The molecule has 0 aliphatic carbocycles. The van der Waals surface area contributed by atoms with E-state index in [0.29, 0.717) is 24.3 Å². The van der Waals surface area contributed by atoms with Crippen LogP contribution in [-0.2, 0) is 21.4 Å². The molecular formula is C22H22ClFN4O3. The molecule has 1 amide bonds. The fourth-order valence-corrected chi connectivity index (χ4v) is 4.25. The highest BCUT2D eigenvalue weighted by Gasteiger charge is 2.42. The van der Waals surface area contributed by atoms with Gasteiger partial charge in [0.05, 0.1) is 18.0 Å². The average Bonchev–Trinajstić information content (AvgIpc) is 3.28. The van der Waals surface area contributed by atoms with Crippen molar-refractivity contribution < 1.29 is 18.7 Å². The van der Waals surface area contributed by atoms with Gasteiger partial charge in [0, 0.05) is 23.9 Å². The van der Waals surface area contributed by atoms with Gasteiger partial charge in [-0.1, -0.05) is 26.0 Å². The Balaban J connectivity index is 1.97. The lowest BCUT2D eigenvalue weighted by atomic mass is 9.90. The molecule has 162 valence electrons. The van der Waals surface area contributed by atoms with Crippen LogP contribution in [0.3, 0.4) is 0 Å². The van der Waals surface area contributed by atoms with Crippen molar-refractivity contribution >= 4 is 34.8 Å². The molecule has 0 spiro atoms. The second-order valence-corrected chi connectivity index (χ2v) is 8.37. The number of pyridine rings is 1. The van der Waals surface area contributed by atoms with Crippen LogP contribution in [-0.4, -0.2) is 45.5 Å². The molecular weight excluding hydrogens is 423 g/mol. The number of carbonyl (C=O) groups is 2. The molecule has 0 radical (unpaired) electrons. The predicted molar refractivity (Wildman–Crippen MR) is 114 cm³/mol. The highest BCUT2D eigenvalue weighted by molar-refractivity contribution is 6.29. The highest BCUT2D eigenvalue weighted by Crippen LogP contribution is 2.42. The number of ether oxygens (including phenoxy) is 1. The number of carbonyl (C=O) groups excluding carboxylic acids is 2.